The highest BCUT2D eigenvalue weighted by molar-refractivity contribution is 14.0. The molecular weight excluding hydrogens is 487 g/mol. The number of hydrogen-bond acceptors (Lipinski definition) is 5. The van der Waals surface area contributed by atoms with Gasteiger partial charge < -0.3 is 20.1 Å². The Hall–Kier alpha value is -1.55. The topological polar surface area (TPSA) is 67.8 Å². The maximum atomic E-state index is 5.36. The van der Waals surface area contributed by atoms with E-state index in [1.807, 2.05) is 12.1 Å². The number of ether oxygens (including phenoxy) is 2. The van der Waals surface area contributed by atoms with Crippen LogP contribution in [0.2, 0.25) is 0 Å². The second-order valence-electron chi connectivity index (χ2n) is 6.13. The standard InChI is InChI=1S/C20H30N4O2S.HI/c1-6-21-20(23-12-10-19-24-14(2)15(3)27-19)22-11-9-16-7-8-17(25-4)18(13-16)26-5;/h7-8,13H,6,9-12H2,1-5H3,(H2,21,22,23);1H. The second-order valence-corrected chi connectivity index (χ2v) is 7.41. The largest absolute Gasteiger partial charge is 0.493 e. The minimum absolute atomic E-state index is 0. The Bertz CT molecular complexity index is 745. The first-order valence-corrected chi connectivity index (χ1v) is 10.0. The van der Waals surface area contributed by atoms with Gasteiger partial charge in [0.25, 0.3) is 0 Å². The van der Waals surface area contributed by atoms with E-state index < -0.39 is 0 Å². The van der Waals surface area contributed by atoms with Crippen molar-refractivity contribution in [1.29, 1.82) is 0 Å². The third-order valence-electron chi connectivity index (χ3n) is 4.17. The Morgan fingerprint density at radius 3 is 2.46 bits per heavy atom. The summed E-state index contributed by atoms with van der Waals surface area (Å²) in [5, 5.41) is 7.83. The quantitative estimate of drug-likeness (QED) is 0.301. The van der Waals surface area contributed by atoms with E-state index in [1.54, 1.807) is 25.6 Å². The maximum absolute atomic E-state index is 5.36. The fourth-order valence-corrected chi connectivity index (χ4v) is 3.54. The van der Waals surface area contributed by atoms with Crippen LogP contribution < -0.4 is 20.1 Å². The molecule has 0 amide bonds. The van der Waals surface area contributed by atoms with Crippen molar-refractivity contribution in [3.05, 3.63) is 39.3 Å². The summed E-state index contributed by atoms with van der Waals surface area (Å²) in [6.45, 7) is 8.57. The number of rotatable bonds is 9. The average Bonchev–Trinajstić information content (AvgIpc) is 2.99. The predicted molar refractivity (Wildman–Crippen MR) is 128 cm³/mol. The van der Waals surface area contributed by atoms with Gasteiger partial charge in [0.05, 0.1) is 24.9 Å². The zero-order valence-corrected chi connectivity index (χ0v) is 20.4. The Morgan fingerprint density at radius 1 is 1.11 bits per heavy atom. The van der Waals surface area contributed by atoms with Gasteiger partial charge in [0.1, 0.15) is 0 Å². The van der Waals surface area contributed by atoms with Crippen molar-refractivity contribution in [1.82, 2.24) is 15.6 Å². The van der Waals surface area contributed by atoms with Crippen molar-refractivity contribution in [3.63, 3.8) is 0 Å². The van der Waals surface area contributed by atoms with Gasteiger partial charge >= 0.3 is 0 Å². The van der Waals surface area contributed by atoms with Crippen LogP contribution in [0.5, 0.6) is 11.5 Å². The number of methoxy groups -OCH3 is 2. The van der Waals surface area contributed by atoms with Gasteiger partial charge in [-0.3, -0.25) is 4.99 Å². The van der Waals surface area contributed by atoms with Gasteiger partial charge in [-0.25, -0.2) is 4.98 Å². The zero-order chi connectivity index (χ0) is 19.6. The van der Waals surface area contributed by atoms with Gasteiger partial charge in [-0.2, -0.15) is 0 Å². The molecule has 0 aliphatic carbocycles. The molecule has 1 aromatic heterocycles. The van der Waals surface area contributed by atoms with Crippen molar-refractivity contribution in [2.24, 2.45) is 4.99 Å². The molecule has 0 atom stereocenters. The number of guanidine groups is 1. The Kier molecular flexibility index (Phi) is 11.2. The van der Waals surface area contributed by atoms with E-state index in [2.05, 4.69) is 47.4 Å². The highest BCUT2D eigenvalue weighted by Crippen LogP contribution is 2.27. The minimum Gasteiger partial charge on any atom is -0.493 e. The molecule has 2 N–H and O–H groups in total. The number of aryl methyl sites for hydroxylation is 2. The molecule has 0 saturated heterocycles. The molecule has 0 aliphatic rings. The molecule has 28 heavy (non-hydrogen) atoms. The predicted octanol–water partition coefficient (Wildman–Crippen LogP) is 3.74. The number of halogens is 1. The maximum Gasteiger partial charge on any atom is 0.191 e. The van der Waals surface area contributed by atoms with Crippen LogP contribution in [-0.2, 0) is 12.8 Å². The Balaban J connectivity index is 0.00000392. The third-order valence-corrected chi connectivity index (χ3v) is 5.30. The van der Waals surface area contributed by atoms with Crippen LogP contribution in [0.3, 0.4) is 0 Å². The lowest BCUT2D eigenvalue weighted by atomic mass is 10.1. The zero-order valence-electron chi connectivity index (χ0n) is 17.3. The first kappa shape index (κ1) is 24.5. The second kappa shape index (κ2) is 12.8. The van der Waals surface area contributed by atoms with Crippen LogP contribution in [0.15, 0.2) is 23.2 Å². The molecule has 156 valence electrons. The van der Waals surface area contributed by atoms with Crippen molar-refractivity contribution in [2.45, 2.75) is 33.6 Å². The summed E-state index contributed by atoms with van der Waals surface area (Å²) >= 11 is 1.76. The molecule has 2 aromatic rings. The van der Waals surface area contributed by atoms with Gasteiger partial charge in [-0.05, 0) is 44.9 Å². The molecule has 0 aliphatic heterocycles. The van der Waals surface area contributed by atoms with Crippen molar-refractivity contribution in [3.8, 4) is 11.5 Å². The van der Waals surface area contributed by atoms with Crippen molar-refractivity contribution >= 4 is 41.3 Å². The molecule has 6 nitrogen and oxygen atoms in total. The first-order chi connectivity index (χ1) is 13.1. The Labute approximate surface area is 189 Å². The molecule has 0 unspecified atom stereocenters. The van der Waals surface area contributed by atoms with Crippen LogP contribution in [-0.4, -0.2) is 44.8 Å². The number of nitrogens with zero attached hydrogens (tertiary/aromatic N) is 2. The van der Waals surface area contributed by atoms with Gasteiger partial charge in [-0.15, -0.1) is 35.3 Å². The highest BCUT2D eigenvalue weighted by atomic mass is 127. The molecule has 2 rings (SSSR count). The normalized spacial score (nSPS) is 11.0. The first-order valence-electron chi connectivity index (χ1n) is 9.23. The highest BCUT2D eigenvalue weighted by Gasteiger charge is 2.06. The molecule has 0 spiro atoms. The Morgan fingerprint density at radius 2 is 1.86 bits per heavy atom. The van der Waals surface area contributed by atoms with Crippen molar-refractivity contribution < 1.29 is 9.47 Å². The lowest BCUT2D eigenvalue weighted by Crippen LogP contribution is -2.38. The van der Waals surface area contributed by atoms with E-state index in [0.29, 0.717) is 0 Å². The third kappa shape index (κ3) is 7.46. The number of aliphatic imine (C=N–C) groups is 1. The van der Waals surface area contributed by atoms with Gasteiger partial charge in [0, 0.05) is 30.9 Å². The van der Waals surface area contributed by atoms with E-state index >= 15 is 0 Å². The number of hydrogen-bond donors (Lipinski definition) is 2. The van der Waals surface area contributed by atoms with E-state index in [1.165, 1.54) is 10.4 Å². The summed E-state index contributed by atoms with van der Waals surface area (Å²) in [5.41, 5.74) is 2.31. The van der Waals surface area contributed by atoms with E-state index in [-0.39, 0.29) is 24.0 Å². The van der Waals surface area contributed by atoms with Gasteiger partial charge in [0.2, 0.25) is 0 Å². The molecule has 1 aromatic carbocycles. The van der Waals surface area contributed by atoms with Crippen LogP contribution in [0.4, 0.5) is 0 Å². The average molecular weight is 518 g/mol. The summed E-state index contributed by atoms with van der Waals surface area (Å²) < 4.78 is 10.6. The minimum atomic E-state index is 0. The van der Waals surface area contributed by atoms with E-state index in [0.717, 1.165) is 60.6 Å². The molecule has 0 fully saturated rings. The monoisotopic (exact) mass is 518 g/mol. The fourth-order valence-electron chi connectivity index (χ4n) is 2.61. The van der Waals surface area contributed by atoms with E-state index in [9.17, 15) is 0 Å². The molecule has 0 bridgehead atoms. The lowest BCUT2D eigenvalue weighted by Gasteiger charge is -2.12. The summed E-state index contributed by atoms with van der Waals surface area (Å²) in [6.07, 6.45) is 1.74. The van der Waals surface area contributed by atoms with Crippen LogP contribution >= 0.6 is 35.3 Å². The lowest BCUT2D eigenvalue weighted by molar-refractivity contribution is 0.354. The summed E-state index contributed by atoms with van der Waals surface area (Å²) in [7, 11) is 3.30. The molecular formula is C20H31IN4O2S. The molecule has 0 radical (unpaired) electrons. The molecule has 8 heteroatoms. The van der Waals surface area contributed by atoms with Crippen LogP contribution in [0.25, 0.3) is 0 Å². The number of nitrogens with one attached hydrogen (secondary N) is 2. The van der Waals surface area contributed by atoms with E-state index in [4.69, 9.17) is 9.47 Å². The summed E-state index contributed by atoms with van der Waals surface area (Å²) in [4.78, 5) is 10.5. The fraction of sp³-hybridized carbons (Fsp3) is 0.500. The summed E-state index contributed by atoms with van der Waals surface area (Å²) in [5.74, 6) is 2.34. The molecule has 0 saturated carbocycles. The number of thiazole rings is 1. The number of aromatic nitrogens is 1. The van der Waals surface area contributed by atoms with Crippen LogP contribution in [0, 0.1) is 13.8 Å². The smallest absolute Gasteiger partial charge is 0.191 e. The SMILES string of the molecule is CCNC(=NCCc1nc(C)c(C)s1)NCCc1ccc(OC)c(OC)c1.I. The van der Waals surface area contributed by atoms with Gasteiger partial charge in [0.15, 0.2) is 17.5 Å². The van der Waals surface area contributed by atoms with Crippen molar-refractivity contribution in [2.75, 3.05) is 33.9 Å². The van der Waals surface area contributed by atoms with Crippen LogP contribution in [0.1, 0.15) is 28.1 Å². The number of benzene rings is 1. The summed E-state index contributed by atoms with van der Waals surface area (Å²) in [6, 6.07) is 6.00. The molecule has 1 heterocycles. The van der Waals surface area contributed by atoms with Gasteiger partial charge in [-0.1, -0.05) is 6.07 Å².